The number of para-hydroxylation sites is 2. The van der Waals surface area contributed by atoms with Crippen molar-refractivity contribution in [2.75, 3.05) is 19.0 Å². The van der Waals surface area contributed by atoms with E-state index in [1.165, 1.54) is 6.08 Å². The summed E-state index contributed by atoms with van der Waals surface area (Å²) in [7, 11) is 1.56. The van der Waals surface area contributed by atoms with Crippen molar-refractivity contribution in [1.29, 1.82) is 5.26 Å². The number of nitriles is 1. The van der Waals surface area contributed by atoms with Crippen LogP contribution in [0.15, 0.2) is 48.0 Å². The fourth-order valence-corrected chi connectivity index (χ4v) is 2.49. The Hall–Kier alpha value is -3.46. The lowest BCUT2D eigenvalue weighted by molar-refractivity contribution is -0.112. The average Bonchev–Trinajstić information content (AvgIpc) is 2.67. The van der Waals surface area contributed by atoms with E-state index in [-0.39, 0.29) is 11.7 Å². The molecule has 2 rings (SSSR count). The van der Waals surface area contributed by atoms with Crippen molar-refractivity contribution in [3.05, 3.63) is 53.6 Å². The van der Waals surface area contributed by atoms with Crippen LogP contribution in [-0.4, -0.2) is 25.7 Å². The lowest BCUT2D eigenvalue weighted by Gasteiger charge is -2.14. The molecule has 2 aromatic rings. The average molecular weight is 380 g/mol. The maximum atomic E-state index is 12.6. The first-order chi connectivity index (χ1) is 13.5. The molecule has 0 spiro atoms. The largest absolute Gasteiger partial charge is 0.493 e. The molecule has 6 nitrogen and oxygen atoms in total. The third kappa shape index (κ3) is 5.52. The van der Waals surface area contributed by atoms with E-state index in [0.717, 1.165) is 0 Å². The van der Waals surface area contributed by atoms with Gasteiger partial charge in [-0.05, 0) is 56.7 Å². The second-order valence-corrected chi connectivity index (χ2v) is 6.13. The highest BCUT2D eigenvalue weighted by molar-refractivity contribution is 6.10. The number of nitrogens with zero attached hydrogens (tertiary/aromatic N) is 1. The molecule has 6 heteroatoms. The fraction of sp³-hybridized carbons (Fsp3) is 0.273. The van der Waals surface area contributed by atoms with Crippen LogP contribution >= 0.6 is 0 Å². The van der Waals surface area contributed by atoms with Crippen LogP contribution in [-0.2, 0) is 4.79 Å². The molecule has 0 aliphatic rings. The van der Waals surface area contributed by atoms with E-state index in [1.807, 2.05) is 32.9 Å². The summed E-state index contributed by atoms with van der Waals surface area (Å²) >= 11 is 0. The Kier molecular flexibility index (Phi) is 7.46. The van der Waals surface area contributed by atoms with Crippen molar-refractivity contribution in [3.8, 4) is 23.3 Å². The number of benzene rings is 2. The van der Waals surface area contributed by atoms with Gasteiger partial charge in [-0.25, -0.2) is 0 Å². The van der Waals surface area contributed by atoms with Crippen molar-refractivity contribution in [2.45, 2.75) is 26.9 Å². The molecule has 0 saturated carbocycles. The summed E-state index contributed by atoms with van der Waals surface area (Å²) in [6.07, 6.45) is 1.47. The Bertz CT molecular complexity index is 898. The number of methoxy groups -OCH3 is 1. The number of nitrogens with one attached hydrogen (secondary N) is 1. The van der Waals surface area contributed by atoms with Gasteiger partial charge < -0.3 is 19.5 Å². The van der Waals surface area contributed by atoms with Crippen molar-refractivity contribution in [1.82, 2.24) is 0 Å². The molecule has 2 aromatic carbocycles. The first-order valence-electron chi connectivity index (χ1n) is 8.98. The molecule has 0 atom stereocenters. The second-order valence-electron chi connectivity index (χ2n) is 6.13. The number of ether oxygens (including phenoxy) is 3. The van der Waals surface area contributed by atoms with Crippen molar-refractivity contribution in [2.24, 2.45) is 0 Å². The maximum Gasteiger partial charge on any atom is 0.266 e. The smallest absolute Gasteiger partial charge is 0.266 e. The predicted molar refractivity (Wildman–Crippen MR) is 109 cm³/mol. The monoisotopic (exact) mass is 380 g/mol. The molecule has 0 unspecified atom stereocenters. The van der Waals surface area contributed by atoms with Gasteiger partial charge in [-0.1, -0.05) is 18.2 Å². The number of amides is 1. The molecule has 0 bridgehead atoms. The summed E-state index contributed by atoms with van der Waals surface area (Å²) in [6.45, 7) is 6.15. The molecular weight excluding hydrogens is 356 g/mol. The minimum atomic E-state index is -0.517. The van der Waals surface area contributed by atoms with Gasteiger partial charge in [0.2, 0.25) is 0 Å². The number of rotatable bonds is 8. The zero-order chi connectivity index (χ0) is 20.5. The molecule has 0 aliphatic heterocycles. The van der Waals surface area contributed by atoms with E-state index in [9.17, 15) is 10.1 Å². The quantitative estimate of drug-likeness (QED) is 0.541. The third-order valence-electron chi connectivity index (χ3n) is 3.66. The SMILES string of the molecule is CCOc1ccccc1NC(=O)/C(C#N)=C/c1ccc(OC)c(OC(C)C)c1. The van der Waals surface area contributed by atoms with Gasteiger partial charge in [-0.3, -0.25) is 4.79 Å². The lowest BCUT2D eigenvalue weighted by Crippen LogP contribution is -2.14. The Labute approximate surface area is 165 Å². The van der Waals surface area contributed by atoms with Gasteiger partial charge in [0.25, 0.3) is 5.91 Å². The minimum absolute atomic E-state index is 0.0352. The minimum Gasteiger partial charge on any atom is -0.493 e. The molecular formula is C22H24N2O4. The fourth-order valence-electron chi connectivity index (χ4n) is 2.49. The molecule has 0 heterocycles. The summed E-state index contributed by atoms with van der Waals surface area (Å²) in [5, 5.41) is 12.2. The normalized spacial score (nSPS) is 10.9. The van der Waals surface area contributed by atoms with Crippen LogP contribution in [0.25, 0.3) is 6.08 Å². The number of carbonyl (C=O) groups is 1. The molecule has 28 heavy (non-hydrogen) atoms. The Balaban J connectivity index is 2.28. The van der Waals surface area contributed by atoms with Crippen LogP contribution in [0.4, 0.5) is 5.69 Å². The predicted octanol–water partition coefficient (Wildman–Crippen LogP) is 4.43. The zero-order valence-corrected chi connectivity index (χ0v) is 16.5. The number of anilines is 1. The highest BCUT2D eigenvalue weighted by Gasteiger charge is 2.13. The van der Waals surface area contributed by atoms with E-state index in [1.54, 1.807) is 43.5 Å². The first kappa shape index (κ1) is 20.8. The first-order valence-corrected chi connectivity index (χ1v) is 8.98. The van der Waals surface area contributed by atoms with E-state index in [0.29, 0.717) is 35.1 Å². The van der Waals surface area contributed by atoms with Crippen LogP contribution in [0, 0.1) is 11.3 Å². The molecule has 0 saturated heterocycles. The number of hydrogen-bond acceptors (Lipinski definition) is 5. The molecule has 0 radical (unpaired) electrons. The lowest BCUT2D eigenvalue weighted by atomic mass is 10.1. The van der Waals surface area contributed by atoms with Crippen molar-refractivity contribution < 1.29 is 19.0 Å². The van der Waals surface area contributed by atoms with Gasteiger partial charge in [-0.15, -0.1) is 0 Å². The topological polar surface area (TPSA) is 80.6 Å². The van der Waals surface area contributed by atoms with Crippen molar-refractivity contribution >= 4 is 17.7 Å². The number of hydrogen-bond donors (Lipinski definition) is 1. The van der Waals surface area contributed by atoms with E-state index >= 15 is 0 Å². The third-order valence-corrected chi connectivity index (χ3v) is 3.66. The Morgan fingerprint density at radius 1 is 1.18 bits per heavy atom. The maximum absolute atomic E-state index is 12.6. The highest BCUT2D eigenvalue weighted by atomic mass is 16.5. The molecule has 0 aromatic heterocycles. The van der Waals surface area contributed by atoms with E-state index < -0.39 is 5.91 Å². The van der Waals surface area contributed by atoms with Gasteiger partial charge in [0.05, 0.1) is 25.5 Å². The molecule has 1 amide bonds. The van der Waals surface area contributed by atoms with E-state index in [4.69, 9.17) is 14.2 Å². The van der Waals surface area contributed by atoms with Crippen LogP contribution < -0.4 is 19.5 Å². The Morgan fingerprint density at radius 3 is 2.57 bits per heavy atom. The van der Waals surface area contributed by atoms with Gasteiger partial charge in [0.15, 0.2) is 11.5 Å². The van der Waals surface area contributed by atoms with Crippen molar-refractivity contribution in [3.63, 3.8) is 0 Å². The number of carbonyl (C=O) groups excluding carboxylic acids is 1. The van der Waals surface area contributed by atoms with Crippen LogP contribution in [0.2, 0.25) is 0 Å². The summed E-state index contributed by atoms with van der Waals surface area (Å²) in [5.74, 6) is 1.16. The molecule has 146 valence electrons. The zero-order valence-electron chi connectivity index (χ0n) is 16.5. The van der Waals surface area contributed by atoms with Gasteiger partial charge >= 0.3 is 0 Å². The van der Waals surface area contributed by atoms with Crippen LogP contribution in [0.1, 0.15) is 26.3 Å². The molecule has 0 aliphatic carbocycles. The summed E-state index contributed by atoms with van der Waals surface area (Å²) in [5.41, 5.74) is 1.13. The van der Waals surface area contributed by atoms with Crippen LogP contribution in [0.3, 0.4) is 0 Å². The molecule has 1 N–H and O–H groups in total. The summed E-state index contributed by atoms with van der Waals surface area (Å²) in [4.78, 5) is 12.6. The van der Waals surface area contributed by atoms with Gasteiger partial charge in [-0.2, -0.15) is 5.26 Å². The second kappa shape index (κ2) is 10.0. The van der Waals surface area contributed by atoms with E-state index in [2.05, 4.69) is 5.32 Å². The van der Waals surface area contributed by atoms with Crippen LogP contribution in [0.5, 0.6) is 17.2 Å². The molecule has 0 fully saturated rings. The summed E-state index contributed by atoms with van der Waals surface area (Å²) < 4.78 is 16.5. The highest BCUT2D eigenvalue weighted by Crippen LogP contribution is 2.30. The Morgan fingerprint density at radius 2 is 1.93 bits per heavy atom. The van der Waals surface area contributed by atoms with Gasteiger partial charge in [0, 0.05) is 0 Å². The standard InChI is InChI=1S/C22H24N2O4/c1-5-27-19-9-7-6-8-18(19)24-22(25)17(14-23)12-16-10-11-20(26-4)21(13-16)28-15(2)3/h6-13,15H,5H2,1-4H3,(H,24,25)/b17-12+. The van der Waals surface area contributed by atoms with Gasteiger partial charge in [0.1, 0.15) is 17.4 Å². The summed E-state index contributed by atoms with van der Waals surface area (Å²) in [6, 6.07) is 14.3.